The molecule has 2 N–H and O–H groups in total. The maximum absolute atomic E-state index is 6.23. The van der Waals surface area contributed by atoms with E-state index in [4.69, 9.17) is 27.9 Å². The number of aromatic amines is 1. The lowest BCUT2D eigenvalue weighted by atomic mass is 10.1. The highest BCUT2D eigenvalue weighted by atomic mass is 35.5. The maximum Gasteiger partial charge on any atom is 0.130 e. The zero-order valence-electron chi connectivity index (χ0n) is 14.1. The quantitative estimate of drug-likeness (QED) is 0.412. The molecule has 4 aromatic rings. The van der Waals surface area contributed by atoms with E-state index in [1.165, 1.54) is 16.3 Å². The van der Waals surface area contributed by atoms with Crippen LogP contribution in [0.4, 0.5) is 0 Å². The monoisotopic (exact) mass is 384 g/mol. The molecule has 0 radical (unpaired) electrons. The summed E-state index contributed by atoms with van der Waals surface area (Å²) in [5, 5.41) is 8.00. The van der Waals surface area contributed by atoms with Crippen LogP contribution in [0.5, 0.6) is 5.75 Å². The smallest absolute Gasteiger partial charge is 0.130 e. The van der Waals surface area contributed by atoms with E-state index in [2.05, 4.69) is 52.8 Å². The molecule has 3 aromatic carbocycles. The summed E-state index contributed by atoms with van der Waals surface area (Å²) in [7, 11) is 0. The number of hydrogen-bond acceptors (Lipinski definition) is 2. The number of aromatic nitrogens is 1. The van der Waals surface area contributed by atoms with Gasteiger partial charge in [0.25, 0.3) is 0 Å². The third-order valence-electron chi connectivity index (χ3n) is 4.38. The number of ether oxygens (including phenoxy) is 1. The average molecular weight is 385 g/mol. The van der Waals surface area contributed by atoms with Crippen molar-refractivity contribution in [2.75, 3.05) is 13.2 Å². The number of H-pyrrole nitrogens is 1. The summed E-state index contributed by atoms with van der Waals surface area (Å²) in [5.74, 6) is 0.739. The molecule has 0 aliphatic heterocycles. The topological polar surface area (TPSA) is 37.0 Å². The minimum Gasteiger partial charge on any atom is -0.492 e. The van der Waals surface area contributed by atoms with Crippen molar-refractivity contribution < 1.29 is 4.74 Å². The Hall–Kier alpha value is -2.20. The molecule has 0 amide bonds. The van der Waals surface area contributed by atoms with Crippen molar-refractivity contribution in [2.24, 2.45) is 0 Å². The van der Waals surface area contributed by atoms with Gasteiger partial charge in [-0.2, -0.15) is 0 Å². The van der Waals surface area contributed by atoms with Crippen LogP contribution in [-0.2, 0) is 6.54 Å². The van der Waals surface area contributed by atoms with Crippen LogP contribution in [0, 0.1) is 0 Å². The molecule has 132 valence electrons. The van der Waals surface area contributed by atoms with Crippen LogP contribution in [-0.4, -0.2) is 18.1 Å². The van der Waals surface area contributed by atoms with Gasteiger partial charge in [0.2, 0.25) is 0 Å². The lowest BCUT2D eigenvalue weighted by molar-refractivity contribution is 0.317. The molecule has 0 aliphatic carbocycles. The fourth-order valence-electron chi connectivity index (χ4n) is 3.08. The van der Waals surface area contributed by atoms with Crippen LogP contribution in [0.15, 0.2) is 60.8 Å². The Bertz CT molecular complexity index is 1060. The summed E-state index contributed by atoms with van der Waals surface area (Å²) in [6, 6.07) is 18.6. The molecular weight excluding hydrogens is 367 g/mol. The summed E-state index contributed by atoms with van der Waals surface area (Å²) in [6.45, 7) is 2.08. The lowest BCUT2D eigenvalue weighted by Gasteiger charge is -2.10. The molecule has 0 unspecified atom stereocenters. The molecule has 1 heterocycles. The highest BCUT2D eigenvalue weighted by Crippen LogP contribution is 2.36. The summed E-state index contributed by atoms with van der Waals surface area (Å²) >= 11 is 12.4. The van der Waals surface area contributed by atoms with Gasteiger partial charge in [0.1, 0.15) is 12.4 Å². The van der Waals surface area contributed by atoms with Crippen LogP contribution < -0.4 is 10.1 Å². The van der Waals surface area contributed by atoms with Gasteiger partial charge in [0.05, 0.1) is 20.9 Å². The molecule has 3 nitrogen and oxygen atoms in total. The van der Waals surface area contributed by atoms with Crippen LogP contribution in [0.2, 0.25) is 10.0 Å². The second kappa shape index (κ2) is 7.58. The Morgan fingerprint density at radius 2 is 1.77 bits per heavy atom. The Morgan fingerprint density at radius 1 is 0.923 bits per heavy atom. The molecule has 0 bridgehead atoms. The van der Waals surface area contributed by atoms with Crippen molar-refractivity contribution >= 4 is 44.9 Å². The molecule has 0 fully saturated rings. The van der Waals surface area contributed by atoms with Crippen molar-refractivity contribution in [1.29, 1.82) is 0 Å². The molecule has 0 saturated carbocycles. The van der Waals surface area contributed by atoms with E-state index in [9.17, 15) is 0 Å². The highest BCUT2D eigenvalue weighted by Gasteiger charge is 2.11. The third kappa shape index (κ3) is 3.51. The fourth-order valence-corrected chi connectivity index (χ4v) is 3.53. The molecule has 5 heteroatoms. The number of fused-ring (bicyclic) bond motifs is 2. The first-order valence-corrected chi connectivity index (χ1v) is 9.24. The van der Waals surface area contributed by atoms with E-state index >= 15 is 0 Å². The van der Waals surface area contributed by atoms with E-state index in [1.807, 2.05) is 12.1 Å². The molecule has 0 saturated heterocycles. The zero-order chi connectivity index (χ0) is 17.9. The van der Waals surface area contributed by atoms with Crippen LogP contribution in [0.3, 0.4) is 0 Å². The number of rotatable bonds is 6. The normalized spacial score (nSPS) is 11.3. The van der Waals surface area contributed by atoms with E-state index < -0.39 is 0 Å². The molecule has 4 rings (SSSR count). The SMILES string of the molecule is Clc1ccc(OCCNCc2ccc3ccccc3c2)c2c(Cl)c[nH]c12. The van der Waals surface area contributed by atoms with Crippen molar-refractivity contribution in [2.45, 2.75) is 6.54 Å². The van der Waals surface area contributed by atoms with E-state index in [0.29, 0.717) is 16.7 Å². The van der Waals surface area contributed by atoms with Crippen molar-refractivity contribution in [1.82, 2.24) is 10.3 Å². The highest BCUT2D eigenvalue weighted by molar-refractivity contribution is 6.40. The largest absolute Gasteiger partial charge is 0.492 e. The van der Waals surface area contributed by atoms with Crippen molar-refractivity contribution in [3.05, 3.63) is 76.4 Å². The standard InChI is InChI=1S/C21H18Cl2N2O/c22-17-7-8-19(20-18(23)13-25-21(17)20)26-10-9-24-12-14-5-6-15-3-1-2-4-16(15)11-14/h1-8,11,13,24-25H,9-10,12H2. The number of benzene rings is 3. The first kappa shape index (κ1) is 17.2. The Labute approximate surface area is 161 Å². The van der Waals surface area contributed by atoms with Gasteiger partial charge in [-0.05, 0) is 34.5 Å². The van der Waals surface area contributed by atoms with Gasteiger partial charge in [-0.1, -0.05) is 59.6 Å². The van der Waals surface area contributed by atoms with Gasteiger partial charge < -0.3 is 15.0 Å². The van der Waals surface area contributed by atoms with Crippen molar-refractivity contribution in [3.63, 3.8) is 0 Å². The van der Waals surface area contributed by atoms with Gasteiger partial charge in [-0.3, -0.25) is 0 Å². The maximum atomic E-state index is 6.23. The summed E-state index contributed by atoms with van der Waals surface area (Å²) in [6.07, 6.45) is 1.73. The average Bonchev–Trinajstić information content (AvgIpc) is 3.06. The molecular formula is C21H18Cl2N2O. The van der Waals surface area contributed by atoms with Gasteiger partial charge in [0.15, 0.2) is 0 Å². The van der Waals surface area contributed by atoms with Gasteiger partial charge >= 0.3 is 0 Å². The molecule has 0 spiro atoms. The first-order chi connectivity index (χ1) is 12.7. The first-order valence-electron chi connectivity index (χ1n) is 8.48. The summed E-state index contributed by atoms with van der Waals surface area (Å²) < 4.78 is 5.90. The third-order valence-corrected chi connectivity index (χ3v) is 4.99. The Morgan fingerprint density at radius 3 is 2.65 bits per heavy atom. The van der Waals surface area contributed by atoms with Crippen LogP contribution >= 0.6 is 23.2 Å². The summed E-state index contributed by atoms with van der Waals surface area (Å²) in [4.78, 5) is 3.07. The lowest BCUT2D eigenvalue weighted by Crippen LogP contribution is -2.20. The minimum absolute atomic E-state index is 0.547. The van der Waals surface area contributed by atoms with Crippen LogP contribution in [0.1, 0.15) is 5.56 Å². The molecule has 1 aromatic heterocycles. The van der Waals surface area contributed by atoms with Crippen molar-refractivity contribution in [3.8, 4) is 5.75 Å². The van der Waals surface area contributed by atoms with E-state index in [0.717, 1.165) is 29.7 Å². The van der Waals surface area contributed by atoms with E-state index in [-0.39, 0.29) is 0 Å². The zero-order valence-corrected chi connectivity index (χ0v) is 15.6. The number of hydrogen-bond donors (Lipinski definition) is 2. The number of halogens is 2. The molecule has 26 heavy (non-hydrogen) atoms. The molecule has 0 atom stereocenters. The van der Waals surface area contributed by atoms with Gasteiger partial charge in [-0.15, -0.1) is 0 Å². The Balaban J connectivity index is 1.34. The van der Waals surface area contributed by atoms with Gasteiger partial charge in [0, 0.05) is 19.3 Å². The van der Waals surface area contributed by atoms with Gasteiger partial charge in [-0.25, -0.2) is 0 Å². The van der Waals surface area contributed by atoms with Crippen LogP contribution in [0.25, 0.3) is 21.7 Å². The fraction of sp³-hybridized carbons (Fsp3) is 0.143. The van der Waals surface area contributed by atoms with E-state index in [1.54, 1.807) is 6.20 Å². The minimum atomic E-state index is 0.547. The molecule has 0 aliphatic rings. The predicted molar refractivity (Wildman–Crippen MR) is 109 cm³/mol. The second-order valence-corrected chi connectivity index (χ2v) is 6.95. The predicted octanol–water partition coefficient (Wildman–Crippen LogP) is 5.80. The number of nitrogens with one attached hydrogen (secondary N) is 2. The summed E-state index contributed by atoms with van der Waals surface area (Å²) in [5.41, 5.74) is 2.06. The Kier molecular flexibility index (Phi) is 5.02. The second-order valence-electron chi connectivity index (χ2n) is 6.14.